The molecule has 0 N–H and O–H groups in total. The molecule has 0 radical (unpaired) electrons. The largest absolute Gasteiger partial charge is 0.416 e. The van der Waals surface area contributed by atoms with Crippen LogP contribution < -0.4 is 0 Å². The van der Waals surface area contributed by atoms with Crippen LogP contribution in [0.5, 0.6) is 0 Å². The fourth-order valence-corrected chi connectivity index (χ4v) is 3.39. The summed E-state index contributed by atoms with van der Waals surface area (Å²) in [7, 11) is -3.38. The summed E-state index contributed by atoms with van der Waals surface area (Å²) < 4.78 is 63.6. The molecule has 0 spiro atoms. The average Bonchev–Trinajstić information content (AvgIpc) is 3.06. The zero-order valence-electron chi connectivity index (χ0n) is 12.3. The molecule has 1 aromatic carbocycles. The van der Waals surface area contributed by atoms with Gasteiger partial charge in [0.25, 0.3) is 0 Å². The van der Waals surface area contributed by atoms with Gasteiger partial charge in [0, 0.05) is 12.0 Å². The number of sulfonamides is 1. The SMILES string of the molecule is O=S1(=O)C=CCN1Cc1cn(Cc2ccc(C(F)(F)F)cc2)nn1. The summed E-state index contributed by atoms with van der Waals surface area (Å²) >= 11 is 0. The van der Waals surface area contributed by atoms with Crippen molar-refractivity contribution in [3.05, 3.63) is 58.8 Å². The molecule has 128 valence electrons. The molecule has 10 heteroatoms. The van der Waals surface area contributed by atoms with Gasteiger partial charge in [-0.05, 0) is 17.7 Å². The fraction of sp³-hybridized carbons (Fsp3) is 0.286. The summed E-state index contributed by atoms with van der Waals surface area (Å²) in [6.07, 6.45) is -1.25. The highest BCUT2D eigenvalue weighted by Gasteiger charge is 2.30. The van der Waals surface area contributed by atoms with Gasteiger partial charge in [0.15, 0.2) is 0 Å². The van der Waals surface area contributed by atoms with E-state index in [2.05, 4.69) is 10.3 Å². The van der Waals surface area contributed by atoms with Gasteiger partial charge in [-0.3, -0.25) is 0 Å². The fourth-order valence-electron chi connectivity index (χ4n) is 2.28. The van der Waals surface area contributed by atoms with Gasteiger partial charge in [-0.15, -0.1) is 5.10 Å². The smallest absolute Gasteiger partial charge is 0.248 e. The molecule has 0 fully saturated rings. The Hall–Kier alpha value is -2.20. The number of halogens is 3. The van der Waals surface area contributed by atoms with Crippen LogP contribution in [0, 0.1) is 0 Å². The van der Waals surface area contributed by atoms with E-state index in [1.54, 1.807) is 12.3 Å². The minimum Gasteiger partial charge on any atom is -0.248 e. The molecular weight excluding hydrogens is 345 g/mol. The van der Waals surface area contributed by atoms with Crippen LogP contribution in [-0.4, -0.2) is 34.3 Å². The second-order valence-electron chi connectivity index (χ2n) is 5.31. The molecule has 0 saturated carbocycles. The van der Waals surface area contributed by atoms with Gasteiger partial charge in [0.1, 0.15) is 0 Å². The molecule has 0 aliphatic carbocycles. The van der Waals surface area contributed by atoms with Gasteiger partial charge in [-0.25, -0.2) is 13.1 Å². The molecular formula is C14H13F3N4O2S. The van der Waals surface area contributed by atoms with Crippen molar-refractivity contribution >= 4 is 10.0 Å². The van der Waals surface area contributed by atoms with Gasteiger partial charge in [0.2, 0.25) is 10.0 Å². The van der Waals surface area contributed by atoms with E-state index in [1.165, 1.54) is 21.1 Å². The van der Waals surface area contributed by atoms with Crippen LogP contribution in [0.3, 0.4) is 0 Å². The molecule has 1 aliphatic rings. The van der Waals surface area contributed by atoms with Gasteiger partial charge >= 0.3 is 6.18 Å². The van der Waals surface area contributed by atoms with Crippen molar-refractivity contribution in [2.75, 3.05) is 6.54 Å². The Kier molecular flexibility index (Phi) is 4.18. The van der Waals surface area contributed by atoms with Crippen molar-refractivity contribution in [1.82, 2.24) is 19.3 Å². The standard InChI is InChI=1S/C14H13F3N4O2S/c15-14(16,17)12-4-2-11(3-5-12)8-20-9-13(18-19-20)10-21-6-1-7-24(21,22)23/h1-5,7,9H,6,8,10H2. The third-order valence-corrected chi connectivity index (χ3v) is 5.02. The topological polar surface area (TPSA) is 68.1 Å². The van der Waals surface area contributed by atoms with Crippen LogP contribution in [0.15, 0.2) is 41.9 Å². The molecule has 3 rings (SSSR count). The number of nitrogens with zero attached hydrogens (tertiary/aromatic N) is 4. The Bertz CT molecular complexity index is 857. The van der Waals surface area contributed by atoms with E-state index in [9.17, 15) is 21.6 Å². The van der Waals surface area contributed by atoms with Gasteiger partial charge in [-0.1, -0.05) is 23.4 Å². The van der Waals surface area contributed by atoms with Crippen molar-refractivity contribution in [2.45, 2.75) is 19.3 Å². The summed E-state index contributed by atoms with van der Waals surface area (Å²) in [5.74, 6) is 0. The normalized spacial score (nSPS) is 17.5. The second-order valence-corrected chi connectivity index (χ2v) is 7.13. The molecule has 0 saturated heterocycles. The lowest BCUT2D eigenvalue weighted by molar-refractivity contribution is -0.137. The zero-order chi connectivity index (χ0) is 17.4. The van der Waals surface area contributed by atoms with Gasteiger partial charge < -0.3 is 0 Å². The van der Waals surface area contributed by atoms with Crippen LogP contribution in [0.25, 0.3) is 0 Å². The van der Waals surface area contributed by atoms with E-state index in [4.69, 9.17) is 0 Å². The maximum Gasteiger partial charge on any atom is 0.416 e. The molecule has 24 heavy (non-hydrogen) atoms. The first kappa shape index (κ1) is 16.7. The number of alkyl halides is 3. The molecule has 1 aliphatic heterocycles. The summed E-state index contributed by atoms with van der Waals surface area (Å²) in [5, 5.41) is 8.91. The van der Waals surface area contributed by atoms with Crippen molar-refractivity contribution in [1.29, 1.82) is 0 Å². The monoisotopic (exact) mass is 358 g/mol. The number of aromatic nitrogens is 3. The third-order valence-electron chi connectivity index (χ3n) is 3.49. The van der Waals surface area contributed by atoms with Gasteiger partial charge in [-0.2, -0.15) is 17.5 Å². The Balaban J connectivity index is 1.66. The summed E-state index contributed by atoms with van der Waals surface area (Å²) in [4.78, 5) is 0. The van der Waals surface area contributed by atoms with Crippen LogP contribution in [-0.2, 0) is 29.3 Å². The molecule has 2 aromatic rings. The average molecular weight is 358 g/mol. The maximum absolute atomic E-state index is 12.5. The Labute approximate surface area is 136 Å². The Morgan fingerprint density at radius 2 is 1.83 bits per heavy atom. The van der Waals surface area contributed by atoms with E-state index in [1.807, 2.05) is 0 Å². The predicted octanol–water partition coefficient (Wildman–Crippen LogP) is 2.00. The number of benzene rings is 1. The minimum absolute atomic E-state index is 0.0995. The van der Waals surface area contributed by atoms with Crippen molar-refractivity contribution in [2.24, 2.45) is 0 Å². The van der Waals surface area contributed by atoms with E-state index in [0.29, 0.717) is 11.3 Å². The van der Waals surface area contributed by atoms with Crippen LogP contribution >= 0.6 is 0 Å². The zero-order valence-corrected chi connectivity index (χ0v) is 13.1. The Morgan fingerprint density at radius 1 is 1.12 bits per heavy atom. The van der Waals surface area contributed by atoms with Crippen LogP contribution in [0.2, 0.25) is 0 Å². The lowest BCUT2D eigenvalue weighted by atomic mass is 10.1. The summed E-state index contributed by atoms with van der Waals surface area (Å²) in [6.45, 7) is 0.632. The molecule has 0 atom stereocenters. The summed E-state index contributed by atoms with van der Waals surface area (Å²) in [6, 6.07) is 4.77. The van der Waals surface area contributed by atoms with Crippen LogP contribution in [0.1, 0.15) is 16.8 Å². The molecule has 0 unspecified atom stereocenters. The first-order valence-corrected chi connectivity index (χ1v) is 8.46. The lowest BCUT2D eigenvalue weighted by Crippen LogP contribution is -2.24. The highest BCUT2D eigenvalue weighted by molar-refractivity contribution is 7.92. The minimum atomic E-state index is -4.37. The first-order chi connectivity index (χ1) is 11.2. The van der Waals surface area contributed by atoms with Crippen LogP contribution in [0.4, 0.5) is 13.2 Å². The predicted molar refractivity (Wildman–Crippen MR) is 79.0 cm³/mol. The molecule has 1 aromatic heterocycles. The molecule has 2 heterocycles. The highest BCUT2D eigenvalue weighted by Crippen LogP contribution is 2.29. The third kappa shape index (κ3) is 3.65. The highest BCUT2D eigenvalue weighted by atomic mass is 32.2. The van der Waals surface area contributed by atoms with E-state index >= 15 is 0 Å². The molecule has 0 bridgehead atoms. The van der Waals surface area contributed by atoms with Crippen molar-refractivity contribution in [3.63, 3.8) is 0 Å². The Morgan fingerprint density at radius 3 is 2.42 bits per heavy atom. The summed E-state index contributed by atoms with van der Waals surface area (Å²) in [5.41, 5.74) is 0.390. The number of hydrogen-bond donors (Lipinski definition) is 0. The molecule has 0 amide bonds. The first-order valence-electron chi connectivity index (χ1n) is 6.96. The van der Waals surface area contributed by atoms with E-state index in [0.717, 1.165) is 17.5 Å². The number of hydrogen-bond acceptors (Lipinski definition) is 4. The quantitative estimate of drug-likeness (QED) is 0.838. The van der Waals surface area contributed by atoms with Gasteiger partial charge in [0.05, 0.1) is 30.5 Å². The maximum atomic E-state index is 12.5. The lowest BCUT2D eigenvalue weighted by Gasteiger charge is -2.11. The van der Waals surface area contributed by atoms with E-state index in [-0.39, 0.29) is 19.6 Å². The second kappa shape index (κ2) is 6.02. The molecule has 6 nitrogen and oxygen atoms in total. The van der Waals surface area contributed by atoms with E-state index < -0.39 is 21.8 Å². The number of rotatable bonds is 4. The van der Waals surface area contributed by atoms with Crippen molar-refractivity contribution < 1.29 is 21.6 Å². The van der Waals surface area contributed by atoms with Crippen molar-refractivity contribution in [3.8, 4) is 0 Å².